The zero-order valence-corrected chi connectivity index (χ0v) is 15.2. The number of rotatable bonds is 8. The maximum atomic E-state index is 12.1. The van der Waals surface area contributed by atoms with E-state index in [1.165, 1.54) is 11.3 Å². The van der Waals surface area contributed by atoms with Crippen LogP contribution >= 0.6 is 11.3 Å². The van der Waals surface area contributed by atoms with Crippen LogP contribution in [0.2, 0.25) is 0 Å². The number of likely N-dealkylation sites (N-methyl/N-ethyl adjacent to an activating group) is 1. The Hall–Kier alpha value is -1.66. The van der Waals surface area contributed by atoms with E-state index in [0.717, 1.165) is 40.7 Å². The minimum absolute atomic E-state index is 0.0224. The third-order valence-electron chi connectivity index (χ3n) is 3.82. The molecule has 0 N–H and O–H groups in total. The number of benzene rings is 1. The third-order valence-corrected chi connectivity index (χ3v) is 4.86. The number of ether oxygens (including phenoxy) is 1. The first-order valence-electron chi connectivity index (χ1n) is 8.13. The molecule has 23 heavy (non-hydrogen) atoms. The average molecular weight is 335 g/mol. The van der Waals surface area contributed by atoms with Crippen LogP contribution in [0.5, 0.6) is 5.75 Å². The second-order valence-electron chi connectivity index (χ2n) is 5.23. The van der Waals surface area contributed by atoms with Crippen molar-refractivity contribution in [3.8, 4) is 5.75 Å². The van der Waals surface area contributed by atoms with Gasteiger partial charge < -0.3 is 9.64 Å². The van der Waals surface area contributed by atoms with Crippen molar-refractivity contribution >= 4 is 32.6 Å². The molecule has 0 radical (unpaired) electrons. The quantitative estimate of drug-likeness (QED) is 0.742. The van der Waals surface area contributed by atoms with Gasteiger partial charge in [-0.2, -0.15) is 0 Å². The van der Waals surface area contributed by atoms with Crippen molar-refractivity contribution in [2.24, 2.45) is 0 Å². The SMILES string of the molecule is CCOc1cccc2sc(N(CCN(CC)CC)C(C)=O)nc12. The van der Waals surface area contributed by atoms with Crippen molar-refractivity contribution < 1.29 is 9.53 Å². The lowest BCUT2D eigenvalue weighted by molar-refractivity contribution is -0.116. The summed E-state index contributed by atoms with van der Waals surface area (Å²) in [6.45, 7) is 11.9. The number of aromatic nitrogens is 1. The molecule has 1 aromatic heterocycles. The molecule has 1 amide bonds. The Morgan fingerprint density at radius 2 is 1.96 bits per heavy atom. The van der Waals surface area contributed by atoms with Crippen LogP contribution in [0.4, 0.5) is 5.13 Å². The summed E-state index contributed by atoms with van der Waals surface area (Å²) >= 11 is 1.54. The molecule has 0 aliphatic carbocycles. The van der Waals surface area contributed by atoms with Gasteiger partial charge in [-0.3, -0.25) is 9.69 Å². The fourth-order valence-electron chi connectivity index (χ4n) is 2.47. The summed E-state index contributed by atoms with van der Waals surface area (Å²) < 4.78 is 6.68. The van der Waals surface area contributed by atoms with Crippen molar-refractivity contribution in [2.75, 3.05) is 37.7 Å². The molecule has 0 saturated heterocycles. The molecule has 0 fully saturated rings. The number of carbonyl (C=O) groups excluding carboxylic acids is 1. The standard InChI is InChI=1S/C17H25N3O2S/c1-5-19(6-2)11-12-20(13(4)21)17-18-16-14(22-7-3)9-8-10-15(16)23-17/h8-10H,5-7,11-12H2,1-4H3. The van der Waals surface area contributed by atoms with Crippen LogP contribution in [-0.4, -0.2) is 48.6 Å². The van der Waals surface area contributed by atoms with Gasteiger partial charge in [-0.15, -0.1) is 0 Å². The predicted octanol–water partition coefficient (Wildman–Crippen LogP) is 3.39. The number of anilines is 1. The molecule has 1 aromatic carbocycles. The molecular weight excluding hydrogens is 310 g/mol. The van der Waals surface area contributed by atoms with Crippen LogP contribution in [0.3, 0.4) is 0 Å². The monoisotopic (exact) mass is 335 g/mol. The Bertz CT molecular complexity index is 652. The van der Waals surface area contributed by atoms with Crippen LogP contribution in [-0.2, 0) is 4.79 Å². The zero-order chi connectivity index (χ0) is 16.8. The molecule has 0 saturated carbocycles. The van der Waals surface area contributed by atoms with Gasteiger partial charge >= 0.3 is 0 Å². The highest BCUT2D eigenvalue weighted by Crippen LogP contribution is 2.34. The number of amides is 1. The Labute approximate surface area is 141 Å². The van der Waals surface area contributed by atoms with Crippen LogP contribution in [0.25, 0.3) is 10.2 Å². The van der Waals surface area contributed by atoms with Gasteiger partial charge in [-0.1, -0.05) is 31.3 Å². The molecule has 6 heteroatoms. The van der Waals surface area contributed by atoms with E-state index in [1.807, 2.05) is 25.1 Å². The van der Waals surface area contributed by atoms with Gasteiger partial charge in [-0.05, 0) is 32.1 Å². The molecule has 0 atom stereocenters. The first-order valence-corrected chi connectivity index (χ1v) is 8.95. The average Bonchev–Trinajstić information content (AvgIpc) is 2.96. The molecule has 1 heterocycles. The highest BCUT2D eigenvalue weighted by Gasteiger charge is 2.18. The van der Waals surface area contributed by atoms with E-state index in [-0.39, 0.29) is 5.91 Å². The molecule has 0 unspecified atom stereocenters. The van der Waals surface area contributed by atoms with E-state index in [0.29, 0.717) is 13.2 Å². The maximum absolute atomic E-state index is 12.1. The fraction of sp³-hybridized carbons (Fsp3) is 0.529. The van der Waals surface area contributed by atoms with Crippen LogP contribution in [0.15, 0.2) is 18.2 Å². The minimum atomic E-state index is 0.0224. The highest BCUT2D eigenvalue weighted by molar-refractivity contribution is 7.22. The second kappa shape index (κ2) is 8.26. The summed E-state index contributed by atoms with van der Waals surface area (Å²) in [7, 11) is 0. The van der Waals surface area contributed by atoms with Gasteiger partial charge in [0.2, 0.25) is 5.91 Å². The molecule has 0 aliphatic rings. The maximum Gasteiger partial charge on any atom is 0.225 e. The summed E-state index contributed by atoms with van der Waals surface area (Å²) in [4.78, 5) is 20.8. The highest BCUT2D eigenvalue weighted by atomic mass is 32.1. The largest absolute Gasteiger partial charge is 0.492 e. The molecule has 2 aromatic rings. The Kier molecular flexibility index (Phi) is 6.36. The van der Waals surface area contributed by atoms with Crippen molar-refractivity contribution in [1.29, 1.82) is 0 Å². The predicted molar refractivity (Wildman–Crippen MR) is 96.6 cm³/mol. The molecule has 2 rings (SSSR count). The van der Waals surface area contributed by atoms with E-state index in [4.69, 9.17) is 4.74 Å². The molecule has 5 nitrogen and oxygen atoms in total. The number of hydrogen-bond donors (Lipinski definition) is 0. The summed E-state index contributed by atoms with van der Waals surface area (Å²) in [6, 6.07) is 5.90. The Morgan fingerprint density at radius 3 is 2.57 bits per heavy atom. The number of hydrogen-bond acceptors (Lipinski definition) is 5. The van der Waals surface area contributed by atoms with Gasteiger partial charge in [0.15, 0.2) is 5.13 Å². The van der Waals surface area contributed by atoms with Crippen molar-refractivity contribution in [2.45, 2.75) is 27.7 Å². The number of nitrogens with zero attached hydrogens (tertiary/aromatic N) is 3. The van der Waals surface area contributed by atoms with Gasteiger partial charge in [0.1, 0.15) is 11.3 Å². The van der Waals surface area contributed by atoms with Crippen molar-refractivity contribution in [3.05, 3.63) is 18.2 Å². The molecule has 0 aliphatic heterocycles. The smallest absolute Gasteiger partial charge is 0.225 e. The topological polar surface area (TPSA) is 45.7 Å². The number of thiazole rings is 1. The van der Waals surface area contributed by atoms with Gasteiger partial charge in [0.05, 0.1) is 11.3 Å². The van der Waals surface area contributed by atoms with Crippen molar-refractivity contribution in [3.63, 3.8) is 0 Å². The summed E-state index contributed by atoms with van der Waals surface area (Å²) in [5.74, 6) is 0.800. The van der Waals surface area contributed by atoms with E-state index in [1.54, 1.807) is 11.8 Å². The Balaban J connectivity index is 2.27. The molecule has 0 bridgehead atoms. The van der Waals surface area contributed by atoms with Gasteiger partial charge in [-0.25, -0.2) is 4.98 Å². The summed E-state index contributed by atoms with van der Waals surface area (Å²) in [6.07, 6.45) is 0. The van der Waals surface area contributed by atoms with Crippen LogP contribution in [0.1, 0.15) is 27.7 Å². The zero-order valence-electron chi connectivity index (χ0n) is 14.3. The lowest BCUT2D eigenvalue weighted by Gasteiger charge is -2.23. The molecule has 0 spiro atoms. The number of fused-ring (bicyclic) bond motifs is 1. The van der Waals surface area contributed by atoms with Gasteiger partial charge in [0.25, 0.3) is 0 Å². The Morgan fingerprint density at radius 1 is 1.22 bits per heavy atom. The second-order valence-corrected chi connectivity index (χ2v) is 6.24. The van der Waals surface area contributed by atoms with E-state index >= 15 is 0 Å². The third kappa shape index (κ3) is 4.20. The minimum Gasteiger partial charge on any atom is -0.492 e. The van der Waals surface area contributed by atoms with Crippen molar-refractivity contribution in [1.82, 2.24) is 9.88 Å². The molecular formula is C17H25N3O2S. The van der Waals surface area contributed by atoms with Crippen LogP contribution in [0, 0.1) is 0 Å². The van der Waals surface area contributed by atoms with Crippen LogP contribution < -0.4 is 9.64 Å². The lowest BCUT2D eigenvalue weighted by Crippen LogP contribution is -2.37. The number of carbonyl (C=O) groups is 1. The first-order chi connectivity index (χ1) is 11.1. The lowest BCUT2D eigenvalue weighted by atomic mass is 10.3. The van der Waals surface area contributed by atoms with Gasteiger partial charge in [0, 0.05) is 20.0 Å². The van der Waals surface area contributed by atoms with E-state index in [9.17, 15) is 4.79 Å². The summed E-state index contributed by atoms with van der Waals surface area (Å²) in [5, 5.41) is 0.742. The number of para-hydroxylation sites is 1. The molecule has 126 valence electrons. The van der Waals surface area contributed by atoms with E-state index < -0.39 is 0 Å². The van der Waals surface area contributed by atoms with E-state index in [2.05, 4.69) is 23.7 Å². The fourth-order valence-corrected chi connectivity index (χ4v) is 3.52. The summed E-state index contributed by atoms with van der Waals surface area (Å²) in [5.41, 5.74) is 0.837. The first kappa shape index (κ1) is 17.7. The normalized spacial score (nSPS) is 11.2.